The van der Waals surface area contributed by atoms with Crippen molar-refractivity contribution in [3.8, 4) is 0 Å². The largest absolute Gasteiger partial charge is 0.376 e. The fourth-order valence-corrected chi connectivity index (χ4v) is 8.19. The maximum atomic E-state index is 14.2. The molecule has 0 bridgehead atoms. The topological polar surface area (TPSA) is 88.0 Å². The van der Waals surface area contributed by atoms with Crippen LogP contribution >= 0.6 is 0 Å². The first-order chi connectivity index (χ1) is 21.2. The third-order valence-electron chi connectivity index (χ3n) is 11.2. The zero-order chi connectivity index (χ0) is 30.5. The lowest BCUT2D eigenvalue weighted by atomic mass is 9.70. The van der Waals surface area contributed by atoms with Crippen LogP contribution < -0.4 is 0 Å². The minimum atomic E-state index is -0.400. The summed E-state index contributed by atoms with van der Waals surface area (Å²) in [5, 5.41) is 4.45. The molecule has 5 fully saturated rings. The number of likely N-dealkylation sites (tertiary alicyclic amines) is 3. The predicted molar refractivity (Wildman–Crippen MR) is 166 cm³/mol. The molecule has 44 heavy (non-hydrogen) atoms. The highest BCUT2D eigenvalue weighted by Crippen LogP contribution is 2.55. The number of aromatic nitrogens is 2. The summed E-state index contributed by atoms with van der Waals surface area (Å²) in [5.41, 5.74) is 1.32. The molecule has 9 nitrogen and oxygen atoms in total. The Kier molecular flexibility index (Phi) is 7.79. The Hall–Kier alpha value is -3.20. The van der Waals surface area contributed by atoms with E-state index in [4.69, 9.17) is 4.74 Å². The Bertz CT molecular complexity index is 1380. The summed E-state index contributed by atoms with van der Waals surface area (Å²) in [4.78, 5) is 46.9. The average molecular weight is 602 g/mol. The Morgan fingerprint density at radius 3 is 2.32 bits per heavy atom. The molecule has 7 rings (SSSR count). The normalized spacial score (nSPS) is 27.5. The molecule has 236 valence electrons. The van der Waals surface area contributed by atoms with Crippen molar-refractivity contribution in [2.45, 2.75) is 71.4 Å². The van der Waals surface area contributed by atoms with Crippen LogP contribution in [0.15, 0.2) is 42.7 Å². The summed E-state index contributed by atoms with van der Waals surface area (Å²) >= 11 is 0. The van der Waals surface area contributed by atoms with Crippen molar-refractivity contribution in [2.24, 2.45) is 28.6 Å². The monoisotopic (exact) mass is 601 g/mol. The first kappa shape index (κ1) is 29.5. The molecule has 4 heterocycles. The Labute approximate surface area is 260 Å². The van der Waals surface area contributed by atoms with Crippen LogP contribution in [0.4, 0.5) is 0 Å². The summed E-state index contributed by atoms with van der Waals surface area (Å²) < 4.78 is 8.11. The number of carbonyl (C=O) groups excluding carboxylic acids is 3. The third kappa shape index (κ3) is 5.80. The van der Waals surface area contributed by atoms with Gasteiger partial charge in [-0.15, -0.1) is 0 Å². The van der Waals surface area contributed by atoms with Gasteiger partial charge in [0.15, 0.2) is 0 Å². The standard InChI is InChI=1S/C35H47N5O4/c1-34(2)15-29(34)32(42)39-23-35(24-39)22-38(31(41)27-16-36-40(18-27)17-25-9-5-3-6-10-25)20-30(35)33(43)37-14-13-28(19-37)44-21-26-11-7-4-8-12-26/h3,5-6,9-10,16,18,26,28-30H,4,7-8,11-15,17,19-24H2,1-2H3/t28-,29-,30+/m1/s1. The van der Waals surface area contributed by atoms with Gasteiger partial charge in [-0.1, -0.05) is 63.4 Å². The lowest BCUT2D eigenvalue weighted by molar-refractivity contribution is -0.154. The van der Waals surface area contributed by atoms with Gasteiger partial charge in [0.05, 0.1) is 30.3 Å². The molecule has 2 saturated carbocycles. The fourth-order valence-electron chi connectivity index (χ4n) is 8.19. The van der Waals surface area contributed by atoms with Gasteiger partial charge in [-0.3, -0.25) is 19.1 Å². The molecule has 1 spiro atoms. The summed E-state index contributed by atoms with van der Waals surface area (Å²) in [7, 11) is 0. The fraction of sp³-hybridized carbons (Fsp3) is 0.657. The van der Waals surface area contributed by atoms with Crippen LogP contribution in [0.2, 0.25) is 0 Å². The van der Waals surface area contributed by atoms with E-state index in [2.05, 4.69) is 18.9 Å². The van der Waals surface area contributed by atoms with Gasteiger partial charge < -0.3 is 19.4 Å². The average Bonchev–Trinajstić information content (AvgIpc) is 3.49. The van der Waals surface area contributed by atoms with Crippen molar-refractivity contribution in [3.63, 3.8) is 0 Å². The van der Waals surface area contributed by atoms with E-state index in [9.17, 15) is 14.4 Å². The van der Waals surface area contributed by atoms with E-state index in [1.54, 1.807) is 17.1 Å². The minimum absolute atomic E-state index is 0.0643. The Morgan fingerprint density at radius 1 is 0.886 bits per heavy atom. The molecule has 1 aromatic carbocycles. The molecule has 9 heteroatoms. The number of ether oxygens (including phenoxy) is 1. The number of carbonyl (C=O) groups is 3. The Balaban J connectivity index is 1.02. The molecule has 1 aromatic heterocycles. The molecule has 0 radical (unpaired) electrons. The third-order valence-corrected chi connectivity index (χ3v) is 11.2. The van der Waals surface area contributed by atoms with Crippen LogP contribution in [0.5, 0.6) is 0 Å². The van der Waals surface area contributed by atoms with Crippen LogP contribution in [0.25, 0.3) is 0 Å². The van der Waals surface area contributed by atoms with Crippen molar-refractivity contribution in [1.82, 2.24) is 24.5 Å². The second-order valence-electron chi connectivity index (χ2n) is 15.0. The van der Waals surface area contributed by atoms with Gasteiger partial charge in [-0.2, -0.15) is 5.10 Å². The van der Waals surface area contributed by atoms with Crippen molar-refractivity contribution in [1.29, 1.82) is 0 Å². The van der Waals surface area contributed by atoms with E-state index in [0.717, 1.165) is 25.0 Å². The van der Waals surface area contributed by atoms with Gasteiger partial charge in [0.1, 0.15) is 0 Å². The van der Waals surface area contributed by atoms with Crippen molar-refractivity contribution < 1.29 is 19.1 Å². The molecule has 0 unspecified atom stereocenters. The molecule has 5 aliphatic rings. The predicted octanol–water partition coefficient (Wildman–Crippen LogP) is 4.08. The maximum absolute atomic E-state index is 14.2. The zero-order valence-corrected chi connectivity index (χ0v) is 26.3. The summed E-state index contributed by atoms with van der Waals surface area (Å²) in [6, 6.07) is 10.1. The number of hydrogen-bond acceptors (Lipinski definition) is 5. The molecular formula is C35H47N5O4. The van der Waals surface area contributed by atoms with Crippen molar-refractivity contribution in [3.05, 3.63) is 53.9 Å². The number of benzene rings is 1. The van der Waals surface area contributed by atoms with E-state index >= 15 is 0 Å². The van der Waals surface area contributed by atoms with Gasteiger partial charge >= 0.3 is 0 Å². The maximum Gasteiger partial charge on any atom is 0.257 e. The van der Waals surface area contributed by atoms with Crippen molar-refractivity contribution in [2.75, 3.05) is 45.9 Å². The number of rotatable bonds is 8. The highest BCUT2D eigenvalue weighted by atomic mass is 16.5. The summed E-state index contributed by atoms with van der Waals surface area (Å²) in [5.74, 6) is 0.627. The first-order valence-corrected chi connectivity index (χ1v) is 16.8. The molecule has 0 N–H and O–H groups in total. The molecule has 3 aliphatic heterocycles. The van der Waals surface area contributed by atoms with Gasteiger partial charge in [-0.25, -0.2) is 0 Å². The molecule has 3 saturated heterocycles. The quantitative estimate of drug-likeness (QED) is 0.455. The zero-order valence-electron chi connectivity index (χ0n) is 26.3. The number of hydrogen-bond donors (Lipinski definition) is 0. The molecular weight excluding hydrogens is 554 g/mol. The smallest absolute Gasteiger partial charge is 0.257 e. The highest BCUT2D eigenvalue weighted by Gasteiger charge is 2.62. The second-order valence-corrected chi connectivity index (χ2v) is 15.0. The van der Waals surface area contributed by atoms with Gasteiger partial charge in [0, 0.05) is 63.4 Å². The lowest BCUT2D eigenvalue weighted by Crippen LogP contribution is -2.64. The summed E-state index contributed by atoms with van der Waals surface area (Å²) in [6.07, 6.45) is 11.7. The van der Waals surface area contributed by atoms with E-state index in [-0.39, 0.29) is 41.1 Å². The molecule has 2 aromatic rings. The van der Waals surface area contributed by atoms with Gasteiger partial charge in [-0.05, 0) is 42.6 Å². The molecule has 2 aliphatic carbocycles. The van der Waals surface area contributed by atoms with Crippen molar-refractivity contribution >= 4 is 17.7 Å². The number of nitrogens with zero attached hydrogens (tertiary/aromatic N) is 5. The first-order valence-electron chi connectivity index (χ1n) is 16.8. The SMILES string of the molecule is CC1(C)C[C@@H]1C(=O)N1CC2(CN(C(=O)c3cnn(Cc4ccccc4)c3)C[C@H]2C(=O)N2CC[C@@H](OCC3CCCCC3)C2)C1. The van der Waals surface area contributed by atoms with E-state index < -0.39 is 5.41 Å². The van der Waals surface area contributed by atoms with Crippen LogP contribution in [0.3, 0.4) is 0 Å². The van der Waals surface area contributed by atoms with Crippen LogP contribution in [0.1, 0.15) is 74.7 Å². The van der Waals surface area contributed by atoms with E-state index in [1.807, 2.05) is 45.0 Å². The highest BCUT2D eigenvalue weighted by molar-refractivity contribution is 5.95. The summed E-state index contributed by atoms with van der Waals surface area (Å²) in [6.45, 7) is 8.94. The molecule has 3 amide bonds. The molecule has 3 atom stereocenters. The number of amides is 3. The van der Waals surface area contributed by atoms with Crippen LogP contribution in [-0.2, 0) is 20.9 Å². The lowest BCUT2D eigenvalue weighted by Gasteiger charge is -2.51. The minimum Gasteiger partial charge on any atom is -0.376 e. The van der Waals surface area contributed by atoms with Gasteiger partial charge in [0.25, 0.3) is 5.91 Å². The van der Waals surface area contributed by atoms with E-state index in [1.165, 1.54) is 32.1 Å². The van der Waals surface area contributed by atoms with Crippen LogP contribution in [-0.4, -0.2) is 94.2 Å². The van der Waals surface area contributed by atoms with E-state index in [0.29, 0.717) is 57.3 Å². The second kappa shape index (κ2) is 11.6. The Morgan fingerprint density at radius 2 is 1.59 bits per heavy atom. The van der Waals surface area contributed by atoms with Crippen LogP contribution in [0, 0.1) is 28.6 Å². The van der Waals surface area contributed by atoms with Gasteiger partial charge in [0.2, 0.25) is 11.8 Å².